The number of hydrogen-bond acceptors (Lipinski definition) is 4. The van der Waals surface area contributed by atoms with Crippen LogP contribution >= 0.6 is 11.3 Å². The lowest BCUT2D eigenvalue weighted by molar-refractivity contribution is 0.300. The largest absolute Gasteiger partial charge is 0.491 e. The molecule has 5 heteroatoms. The molecule has 2 aromatic heterocycles. The van der Waals surface area contributed by atoms with Crippen LogP contribution in [0.1, 0.15) is 28.8 Å². The molecular weight excluding hydrogens is 440 g/mol. The predicted molar refractivity (Wildman–Crippen MR) is 140 cm³/mol. The van der Waals surface area contributed by atoms with Gasteiger partial charge < -0.3 is 4.74 Å². The van der Waals surface area contributed by atoms with Crippen molar-refractivity contribution in [3.8, 4) is 17.1 Å². The third kappa shape index (κ3) is 3.70. The number of aryl methyl sites for hydroxylation is 3. The third-order valence-electron chi connectivity index (χ3n) is 6.67. The molecule has 0 fully saturated rings. The summed E-state index contributed by atoms with van der Waals surface area (Å²) in [6, 6.07) is 22.5. The fourth-order valence-corrected chi connectivity index (χ4v) is 6.27. The molecule has 34 heavy (non-hydrogen) atoms. The molecule has 0 radical (unpaired) electrons. The summed E-state index contributed by atoms with van der Waals surface area (Å²) < 4.78 is 8.04. The van der Waals surface area contributed by atoms with Crippen molar-refractivity contribution in [3.05, 3.63) is 93.1 Å². The zero-order chi connectivity index (χ0) is 23.1. The lowest BCUT2D eigenvalue weighted by Gasteiger charge is -2.15. The summed E-state index contributed by atoms with van der Waals surface area (Å²) in [4.78, 5) is 21.1. The van der Waals surface area contributed by atoms with Gasteiger partial charge in [0.25, 0.3) is 5.56 Å². The van der Waals surface area contributed by atoms with Crippen LogP contribution in [0.4, 0.5) is 0 Å². The van der Waals surface area contributed by atoms with E-state index < -0.39 is 0 Å². The third-order valence-corrected chi connectivity index (χ3v) is 7.86. The Morgan fingerprint density at radius 2 is 1.82 bits per heavy atom. The van der Waals surface area contributed by atoms with Gasteiger partial charge in [0.15, 0.2) is 0 Å². The van der Waals surface area contributed by atoms with E-state index >= 15 is 0 Å². The Labute approximate surface area is 202 Å². The summed E-state index contributed by atoms with van der Waals surface area (Å²) >= 11 is 1.70. The lowest BCUT2D eigenvalue weighted by atomic mass is 9.97. The number of aromatic nitrogens is 2. The second-order valence-corrected chi connectivity index (χ2v) is 10.1. The molecule has 1 aliphatic rings. The highest BCUT2D eigenvalue weighted by molar-refractivity contribution is 7.18. The van der Waals surface area contributed by atoms with E-state index in [2.05, 4.69) is 37.3 Å². The number of hydrogen-bond donors (Lipinski definition) is 0. The van der Waals surface area contributed by atoms with Crippen LogP contribution in [0, 0.1) is 6.92 Å². The first-order valence-corrected chi connectivity index (χ1v) is 12.7. The molecule has 1 aliphatic carbocycles. The van der Waals surface area contributed by atoms with Crippen molar-refractivity contribution < 1.29 is 4.74 Å². The van der Waals surface area contributed by atoms with Crippen molar-refractivity contribution in [1.82, 2.24) is 9.55 Å². The molecule has 0 unspecified atom stereocenters. The molecule has 3 aromatic carbocycles. The lowest BCUT2D eigenvalue weighted by Crippen LogP contribution is -2.26. The molecule has 170 valence electrons. The second kappa shape index (κ2) is 8.73. The fraction of sp³-hybridized carbons (Fsp3) is 0.241. The molecule has 5 aromatic rings. The van der Waals surface area contributed by atoms with Crippen LogP contribution in [0.2, 0.25) is 0 Å². The normalized spacial score (nSPS) is 13.3. The molecule has 0 atom stereocenters. The van der Waals surface area contributed by atoms with Crippen LogP contribution < -0.4 is 10.3 Å². The molecular formula is C29H26N2O2S. The minimum Gasteiger partial charge on any atom is -0.491 e. The highest BCUT2D eigenvalue weighted by Gasteiger charge is 2.22. The van der Waals surface area contributed by atoms with Crippen molar-refractivity contribution in [3.63, 3.8) is 0 Å². The Morgan fingerprint density at radius 1 is 1.00 bits per heavy atom. The Bertz CT molecular complexity index is 1580. The van der Waals surface area contributed by atoms with Gasteiger partial charge in [0.2, 0.25) is 0 Å². The van der Waals surface area contributed by atoms with Gasteiger partial charge in [-0.2, -0.15) is 0 Å². The van der Waals surface area contributed by atoms with E-state index in [4.69, 9.17) is 9.72 Å². The number of ether oxygens (including phenoxy) is 1. The minimum atomic E-state index is 0.0578. The maximum atomic E-state index is 13.9. The van der Waals surface area contributed by atoms with E-state index in [-0.39, 0.29) is 5.56 Å². The summed E-state index contributed by atoms with van der Waals surface area (Å²) in [6.07, 6.45) is 4.36. The van der Waals surface area contributed by atoms with E-state index in [9.17, 15) is 4.79 Å². The Morgan fingerprint density at radius 3 is 2.74 bits per heavy atom. The van der Waals surface area contributed by atoms with E-state index in [0.717, 1.165) is 63.0 Å². The molecule has 4 nitrogen and oxygen atoms in total. The van der Waals surface area contributed by atoms with Crippen LogP contribution in [0.5, 0.6) is 5.75 Å². The van der Waals surface area contributed by atoms with E-state index in [1.165, 1.54) is 16.9 Å². The minimum absolute atomic E-state index is 0.0578. The average molecular weight is 467 g/mol. The van der Waals surface area contributed by atoms with Crippen molar-refractivity contribution in [1.29, 1.82) is 0 Å². The number of thiophene rings is 1. The second-order valence-electron chi connectivity index (χ2n) is 8.98. The van der Waals surface area contributed by atoms with Crippen molar-refractivity contribution in [2.45, 2.75) is 39.2 Å². The molecule has 0 N–H and O–H groups in total. The molecule has 0 amide bonds. The van der Waals surface area contributed by atoms with Crippen LogP contribution in [0.3, 0.4) is 0 Å². The topological polar surface area (TPSA) is 44.1 Å². The van der Waals surface area contributed by atoms with E-state index in [0.29, 0.717) is 13.2 Å². The quantitative estimate of drug-likeness (QED) is 0.295. The number of fused-ring (bicyclic) bond motifs is 4. The van der Waals surface area contributed by atoms with Gasteiger partial charge in [-0.25, -0.2) is 4.98 Å². The Hall–Kier alpha value is -3.44. The monoisotopic (exact) mass is 466 g/mol. The van der Waals surface area contributed by atoms with Gasteiger partial charge >= 0.3 is 0 Å². The summed E-state index contributed by atoms with van der Waals surface area (Å²) in [7, 11) is 0. The van der Waals surface area contributed by atoms with E-state index in [1.807, 2.05) is 41.0 Å². The van der Waals surface area contributed by atoms with Crippen LogP contribution in [-0.4, -0.2) is 16.2 Å². The fourth-order valence-electron chi connectivity index (χ4n) is 5.02. The SMILES string of the molecule is Cc1cccc(-c2nc3sc4c(c3c(=O)n2CCOc2cccc3ccccc23)CCCC4)c1. The van der Waals surface area contributed by atoms with Gasteiger partial charge in [0.1, 0.15) is 23.0 Å². The predicted octanol–water partition coefficient (Wildman–Crippen LogP) is 6.54. The maximum Gasteiger partial charge on any atom is 0.262 e. The first kappa shape index (κ1) is 21.1. The van der Waals surface area contributed by atoms with E-state index in [1.54, 1.807) is 11.3 Å². The molecule has 0 bridgehead atoms. The maximum absolute atomic E-state index is 13.9. The van der Waals surface area contributed by atoms with Crippen molar-refractivity contribution >= 4 is 32.3 Å². The molecule has 0 aliphatic heterocycles. The summed E-state index contributed by atoms with van der Waals surface area (Å²) in [5.41, 5.74) is 3.40. The Balaban J connectivity index is 1.42. The van der Waals surface area contributed by atoms with Gasteiger partial charge in [-0.15, -0.1) is 11.3 Å². The summed E-state index contributed by atoms with van der Waals surface area (Å²) in [5.74, 6) is 1.56. The first-order valence-electron chi connectivity index (χ1n) is 11.9. The smallest absolute Gasteiger partial charge is 0.262 e. The van der Waals surface area contributed by atoms with Gasteiger partial charge in [0.05, 0.1) is 11.9 Å². The highest BCUT2D eigenvalue weighted by Crippen LogP contribution is 2.35. The standard InChI is InChI=1S/C29H26N2O2S/c1-19-8-6-11-21(18-19)27-30-28-26(23-13-4-5-15-25(23)34-28)29(32)31(27)16-17-33-24-14-7-10-20-9-2-3-12-22(20)24/h2-3,6-12,14,18H,4-5,13,15-17H2,1H3. The van der Waals surface area contributed by atoms with Crippen LogP contribution in [0.15, 0.2) is 71.5 Å². The zero-order valence-electron chi connectivity index (χ0n) is 19.2. The Kier molecular flexibility index (Phi) is 5.42. The van der Waals surface area contributed by atoms with Gasteiger partial charge in [0, 0.05) is 15.8 Å². The molecule has 0 saturated heterocycles. The summed E-state index contributed by atoms with van der Waals surface area (Å²) in [5, 5.41) is 3.05. The average Bonchev–Trinajstić information content (AvgIpc) is 3.24. The number of rotatable bonds is 5. The van der Waals surface area contributed by atoms with Crippen molar-refractivity contribution in [2.75, 3.05) is 6.61 Å². The van der Waals surface area contributed by atoms with Crippen molar-refractivity contribution in [2.24, 2.45) is 0 Å². The molecule has 6 rings (SSSR count). The van der Waals surface area contributed by atoms with Gasteiger partial charge in [-0.3, -0.25) is 9.36 Å². The number of benzene rings is 3. The van der Waals surface area contributed by atoms with Crippen LogP contribution in [-0.2, 0) is 19.4 Å². The zero-order valence-corrected chi connectivity index (χ0v) is 20.0. The first-order chi connectivity index (χ1) is 16.7. The van der Waals surface area contributed by atoms with Gasteiger partial charge in [-0.05, 0) is 55.7 Å². The molecule has 0 spiro atoms. The highest BCUT2D eigenvalue weighted by atomic mass is 32.1. The van der Waals surface area contributed by atoms with Gasteiger partial charge in [-0.1, -0.05) is 60.2 Å². The summed E-state index contributed by atoms with van der Waals surface area (Å²) in [6.45, 7) is 2.91. The van der Waals surface area contributed by atoms with Crippen LogP contribution in [0.25, 0.3) is 32.4 Å². The molecule has 2 heterocycles. The number of nitrogens with zero attached hydrogens (tertiary/aromatic N) is 2. The molecule has 0 saturated carbocycles.